The van der Waals surface area contributed by atoms with Crippen LogP contribution in [0, 0.1) is 0 Å². The van der Waals surface area contributed by atoms with E-state index in [1.54, 1.807) is 4.57 Å². The van der Waals surface area contributed by atoms with E-state index in [-0.39, 0.29) is 46.4 Å². The van der Waals surface area contributed by atoms with E-state index in [4.69, 9.17) is 24.8 Å². The van der Waals surface area contributed by atoms with Gasteiger partial charge in [-0.2, -0.15) is 0 Å². The number of nitrogens with zero attached hydrogens (tertiary/aromatic N) is 3. The van der Waals surface area contributed by atoms with Crippen LogP contribution < -0.4 is 5.73 Å². The normalized spacial score (nSPS) is 27.5. The highest BCUT2D eigenvalue weighted by Crippen LogP contribution is 2.47. The molecule has 0 aromatic carbocycles. The third-order valence-corrected chi connectivity index (χ3v) is 17.4. The Labute approximate surface area is 205 Å². The van der Waals surface area contributed by atoms with E-state index < -0.39 is 35.6 Å². The van der Waals surface area contributed by atoms with Crippen LogP contribution in [-0.2, 0) is 22.5 Å². The molecule has 1 unspecified atom stereocenters. The summed E-state index contributed by atoms with van der Waals surface area (Å²) in [6.45, 7) is 17.3. The average Bonchev–Trinajstić information content (AvgIpc) is 3.24. The van der Waals surface area contributed by atoms with Crippen molar-refractivity contribution in [1.29, 1.82) is 0 Å². The zero-order chi connectivity index (χ0) is 25.9. The predicted octanol–water partition coefficient (Wildman–Crippen LogP) is 4.44. The Morgan fingerprint density at radius 3 is 2.26 bits per heavy atom. The molecular weight excluding hydrogens is 468 g/mol. The molecule has 2 N–H and O–H groups in total. The lowest BCUT2D eigenvalue weighted by molar-refractivity contribution is -0.130. The highest BCUT2D eigenvalue weighted by Gasteiger charge is 2.61. The minimum atomic E-state index is -2.95. The lowest BCUT2D eigenvalue weighted by atomic mass is 10.1. The Kier molecular flexibility index (Phi) is 6.45. The minimum Gasteiger partial charge on any atom is -0.414 e. The first-order chi connectivity index (χ1) is 16.4. The van der Waals surface area contributed by atoms with Gasteiger partial charge in [-0.1, -0.05) is 55.4 Å². The van der Waals surface area contributed by atoms with E-state index in [0.717, 1.165) is 0 Å². The van der Waals surface area contributed by atoms with Gasteiger partial charge in [0.1, 0.15) is 30.0 Å². The summed E-state index contributed by atoms with van der Waals surface area (Å²) in [5.41, 5.74) is 6.96. The maximum Gasteiger partial charge on any atom is 0.335 e. The number of Topliss-reactive ketones (excluding diaryl/α,β-unsaturated/α-hetero) is 1. The van der Waals surface area contributed by atoms with Crippen molar-refractivity contribution in [3.05, 3.63) is 18.6 Å². The van der Waals surface area contributed by atoms with Gasteiger partial charge in [0.2, 0.25) is 5.78 Å². The molecule has 3 atom stereocenters. The lowest BCUT2D eigenvalue weighted by Crippen LogP contribution is -2.65. The maximum absolute atomic E-state index is 13.8. The first kappa shape index (κ1) is 24.1. The van der Waals surface area contributed by atoms with Crippen LogP contribution in [0.2, 0.25) is 22.2 Å². The zero-order valence-corrected chi connectivity index (χ0v) is 23.4. The molecule has 11 heteroatoms. The number of anilines is 1. The molecule has 9 nitrogen and oxygen atoms in total. The van der Waals surface area contributed by atoms with Crippen LogP contribution in [0.15, 0.2) is 18.6 Å². The highest BCUT2D eigenvalue weighted by atomic mass is 28.5. The predicted molar refractivity (Wildman–Crippen MR) is 135 cm³/mol. The van der Waals surface area contributed by atoms with E-state index in [1.807, 2.05) is 0 Å². The van der Waals surface area contributed by atoms with Crippen molar-refractivity contribution in [1.82, 2.24) is 14.5 Å². The Bertz CT molecular complexity index is 1090. The molecule has 2 saturated heterocycles. The quantitative estimate of drug-likeness (QED) is 0.590. The molecule has 2 aliphatic rings. The molecular formula is C23H38N4O5Si2. The molecule has 0 saturated carbocycles. The third-order valence-electron chi connectivity index (χ3n) is 7.19. The third kappa shape index (κ3) is 3.86. The molecule has 0 amide bonds. The average molecular weight is 509 g/mol. The topological polar surface area (TPSA) is 111 Å². The number of fused-ring (bicyclic) bond motifs is 2. The zero-order valence-electron chi connectivity index (χ0n) is 22.4. The number of hydrogen-bond acceptors (Lipinski definition) is 8. The first-order valence-corrected chi connectivity index (χ1v) is 16.1. The largest absolute Gasteiger partial charge is 0.414 e. The Hall–Kier alpha value is -1.64. The molecule has 2 aromatic heterocycles. The van der Waals surface area contributed by atoms with Gasteiger partial charge in [-0.25, -0.2) is 9.97 Å². The maximum atomic E-state index is 13.8. The molecule has 34 heavy (non-hydrogen) atoms. The van der Waals surface area contributed by atoms with Crippen molar-refractivity contribution < 1.29 is 23.9 Å². The molecule has 0 bridgehead atoms. The smallest absolute Gasteiger partial charge is 0.335 e. The summed E-state index contributed by atoms with van der Waals surface area (Å²) in [6.07, 6.45) is 0.433. The molecule has 2 aliphatic heterocycles. The number of nitrogens with two attached hydrogens (primary N) is 1. The van der Waals surface area contributed by atoms with E-state index in [0.29, 0.717) is 11.0 Å². The summed E-state index contributed by atoms with van der Waals surface area (Å²) in [4.78, 5) is 22.1. The number of carbonyl (C=O) groups is 1. The van der Waals surface area contributed by atoms with Gasteiger partial charge in [0.15, 0.2) is 6.23 Å². The summed E-state index contributed by atoms with van der Waals surface area (Å²) in [7, 11) is -5.69. The fraction of sp³-hybridized carbons (Fsp3) is 0.696. The first-order valence-electron chi connectivity index (χ1n) is 12.6. The van der Waals surface area contributed by atoms with Crippen LogP contribution in [0.25, 0.3) is 11.0 Å². The van der Waals surface area contributed by atoms with E-state index in [2.05, 4.69) is 65.4 Å². The van der Waals surface area contributed by atoms with Crippen LogP contribution in [0.1, 0.15) is 63.0 Å². The van der Waals surface area contributed by atoms with Crippen LogP contribution in [0.5, 0.6) is 0 Å². The number of ketones is 1. The van der Waals surface area contributed by atoms with Gasteiger partial charge in [-0.05, 0) is 28.2 Å². The van der Waals surface area contributed by atoms with Gasteiger partial charge in [0.05, 0.1) is 13.4 Å². The Morgan fingerprint density at radius 2 is 1.68 bits per heavy atom. The van der Waals surface area contributed by atoms with Crippen molar-refractivity contribution in [2.75, 3.05) is 12.3 Å². The van der Waals surface area contributed by atoms with Gasteiger partial charge in [0.25, 0.3) is 0 Å². The molecule has 0 radical (unpaired) electrons. The number of rotatable bonds is 5. The summed E-state index contributed by atoms with van der Waals surface area (Å²) >= 11 is 0. The number of aromatic nitrogens is 3. The Balaban J connectivity index is 1.80. The number of ether oxygens (including phenoxy) is 1. The minimum absolute atomic E-state index is 0.0980. The van der Waals surface area contributed by atoms with Gasteiger partial charge in [-0.15, -0.1) is 0 Å². The van der Waals surface area contributed by atoms with Gasteiger partial charge in [0, 0.05) is 6.20 Å². The second-order valence-electron chi connectivity index (χ2n) is 10.6. The van der Waals surface area contributed by atoms with E-state index >= 15 is 0 Å². The van der Waals surface area contributed by atoms with Crippen molar-refractivity contribution in [2.24, 2.45) is 0 Å². The number of hydrogen-bond donors (Lipinski definition) is 1. The summed E-state index contributed by atoms with van der Waals surface area (Å²) in [5.74, 6) is -0.0309. The number of carbonyl (C=O) groups excluding carboxylic acids is 1. The van der Waals surface area contributed by atoms with Crippen molar-refractivity contribution in [3.8, 4) is 0 Å². The second-order valence-corrected chi connectivity index (χ2v) is 19.4. The van der Waals surface area contributed by atoms with E-state index in [1.165, 1.54) is 12.5 Å². The van der Waals surface area contributed by atoms with E-state index in [9.17, 15) is 4.79 Å². The van der Waals surface area contributed by atoms with Crippen LogP contribution in [-0.4, -0.2) is 56.3 Å². The molecule has 2 fully saturated rings. The van der Waals surface area contributed by atoms with Gasteiger partial charge in [-0.3, -0.25) is 9.36 Å². The van der Waals surface area contributed by atoms with Crippen molar-refractivity contribution >= 4 is 39.8 Å². The van der Waals surface area contributed by atoms with Crippen molar-refractivity contribution in [2.45, 2.75) is 96.0 Å². The van der Waals surface area contributed by atoms with Crippen molar-refractivity contribution in [3.63, 3.8) is 0 Å². The fourth-order valence-electron chi connectivity index (χ4n) is 5.31. The summed E-state index contributed by atoms with van der Waals surface area (Å²) in [5, 5.41) is 0.396. The van der Waals surface area contributed by atoms with Crippen LogP contribution >= 0.6 is 0 Å². The SMILES string of the molecule is [3H]c1cn([C@@H]2O[C@H]3CO[Si](C(C)C)(C(C)C)O[Si](C(C)C)(C(C)C)OC3C2=O)c2ncnc(N)c12. The molecule has 0 aliphatic carbocycles. The molecule has 2 aromatic rings. The summed E-state index contributed by atoms with van der Waals surface area (Å²) < 4.78 is 37.0. The summed E-state index contributed by atoms with van der Waals surface area (Å²) in [6, 6.07) is 0.137. The van der Waals surface area contributed by atoms with Crippen LogP contribution in [0.3, 0.4) is 0 Å². The van der Waals surface area contributed by atoms with Crippen LogP contribution in [0.4, 0.5) is 5.82 Å². The van der Waals surface area contributed by atoms with Gasteiger partial charge >= 0.3 is 17.1 Å². The standard InChI is InChI=1S/C23H38N4O5Si2/c1-13(2)33(14(3)4)29-11-18-20(31-34(32-33,15(5)6)16(7)8)19(28)23(30-18)27-10-9-17-21(24)25-12-26-22(17)27/h9-10,12-16,18,20,23H,11H2,1-8H3,(H2,24,25,26)/t18-,20?,23+/m0/s1/i9T. The highest BCUT2D eigenvalue weighted by molar-refractivity contribution is 6.84. The second kappa shape index (κ2) is 9.10. The molecule has 4 rings (SSSR count). The van der Waals surface area contributed by atoms with Gasteiger partial charge < -0.3 is 23.4 Å². The number of nitrogen functional groups attached to an aromatic ring is 1. The monoisotopic (exact) mass is 508 g/mol. The lowest BCUT2D eigenvalue weighted by Gasteiger charge is -2.50. The Morgan fingerprint density at radius 1 is 1.06 bits per heavy atom. The molecule has 0 spiro atoms. The molecule has 188 valence electrons. The molecule has 4 heterocycles. The fourth-order valence-corrected chi connectivity index (χ4v) is 16.5.